The minimum Gasteiger partial charge on any atom is -0.343 e. The van der Waals surface area contributed by atoms with Crippen LogP contribution in [-0.2, 0) is 5.54 Å². The smallest absolute Gasteiger partial charge is 0.284 e. The summed E-state index contributed by atoms with van der Waals surface area (Å²) in [4.78, 5) is 22.9. The van der Waals surface area contributed by atoms with E-state index >= 15 is 0 Å². The van der Waals surface area contributed by atoms with Gasteiger partial charge in [-0.3, -0.25) is 14.9 Å². The highest BCUT2D eigenvalue weighted by atomic mass is 79.9. The SMILES string of the molecule is O=C(NC1(c2ccccc2)CC1)c1ccc(Br)c([N+](=O)[O-])c1. The van der Waals surface area contributed by atoms with Crippen LogP contribution in [0.25, 0.3) is 0 Å². The number of benzene rings is 2. The Morgan fingerprint density at radius 3 is 2.45 bits per heavy atom. The first-order valence-electron chi connectivity index (χ1n) is 6.84. The van der Waals surface area contributed by atoms with Crippen molar-refractivity contribution in [3.8, 4) is 0 Å². The zero-order valence-corrected chi connectivity index (χ0v) is 13.2. The standard InChI is InChI=1S/C16H13BrN2O3/c17-13-7-6-11(10-14(13)19(21)22)15(20)18-16(8-9-16)12-4-2-1-3-5-12/h1-7,10H,8-9H2,(H,18,20). The molecule has 22 heavy (non-hydrogen) atoms. The van der Waals surface area contributed by atoms with Gasteiger partial charge in [-0.2, -0.15) is 0 Å². The van der Waals surface area contributed by atoms with Crippen molar-refractivity contribution in [3.05, 3.63) is 74.2 Å². The molecule has 0 aromatic heterocycles. The number of carbonyl (C=O) groups is 1. The van der Waals surface area contributed by atoms with E-state index in [0.717, 1.165) is 18.4 Å². The molecule has 1 amide bonds. The van der Waals surface area contributed by atoms with Gasteiger partial charge in [0.05, 0.1) is 14.9 Å². The lowest BCUT2D eigenvalue weighted by Gasteiger charge is -2.18. The summed E-state index contributed by atoms with van der Waals surface area (Å²) in [5.41, 5.74) is 0.907. The van der Waals surface area contributed by atoms with Crippen molar-refractivity contribution < 1.29 is 9.72 Å². The number of hydrogen-bond donors (Lipinski definition) is 1. The summed E-state index contributed by atoms with van der Waals surface area (Å²) >= 11 is 3.12. The third-order valence-corrected chi connectivity index (χ3v) is 4.50. The van der Waals surface area contributed by atoms with E-state index < -0.39 is 4.92 Å². The highest BCUT2D eigenvalue weighted by Crippen LogP contribution is 2.45. The lowest BCUT2D eigenvalue weighted by Crippen LogP contribution is -2.34. The number of nitro groups is 1. The van der Waals surface area contributed by atoms with Crippen molar-refractivity contribution in [2.24, 2.45) is 0 Å². The van der Waals surface area contributed by atoms with Crippen LogP contribution in [-0.4, -0.2) is 10.8 Å². The molecule has 0 bridgehead atoms. The molecular weight excluding hydrogens is 348 g/mol. The Morgan fingerprint density at radius 1 is 1.18 bits per heavy atom. The molecule has 3 rings (SSSR count). The van der Waals surface area contributed by atoms with Gasteiger partial charge in [0.25, 0.3) is 11.6 Å². The maximum absolute atomic E-state index is 12.4. The highest BCUT2D eigenvalue weighted by Gasteiger charge is 2.45. The second kappa shape index (κ2) is 5.53. The van der Waals surface area contributed by atoms with Crippen molar-refractivity contribution >= 4 is 27.5 Å². The predicted octanol–water partition coefficient (Wildman–Crippen LogP) is 3.78. The van der Waals surface area contributed by atoms with E-state index in [-0.39, 0.29) is 22.7 Å². The second-order valence-electron chi connectivity index (χ2n) is 5.33. The molecule has 1 N–H and O–H groups in total. The number of amides is 1. The maximum atomic E-state index is 12.4. The summed E-state index contributed by atoms with van der Waals surface area (Å²) in [5.74, 6) is -0.294. The Morgan fingerprint density at radius 2 is 1.86 bits per heavy atom. The van der Waals surface area contributed by atoms with Crippen LogP contribution in [0.15, 0.2) is 53.0 Å². The Hall–Kier alpha value is -2.21. The Balaban J connectivity index is 1.84. The molecule has 6 heteroatoms. The first-order chi connectivity index (χ1) is 10.5. The summed E-state index contributed by atoms with van der Waals surface area (Å²) in [5, 5.41) is 14.0. The zero-order valence-electron chi connectivity index (χ0n) is 11.6. The van der Waals surface area contributed by atoms with E-state index in [2.05, 4.69) is 21.2 Å². The zero-order chi connectivity index (χ0) is 15.7. The molecule has 1 fully saturated rings. The van der Waals surface area contributed by atoms with Crippen molar-refractivity contribution in [2.45, 2.75) is 18.4 Å². The van der Waals surface area contributed by atoms with Gasteiger partial charge in [0, 0.05) is 11.6 Å². The van der Waals surface area contributed by atoms with E-state index in [1.54, 1.807) is 6.07 Å². The average molecular weight is 361 g/mol. The Labute approximate surface area is 135 Å². The minimum absolute atomic E-state index is 0.114. The normalized spacial score (nSPS) is 15.1. The number of nitrogens with one attached hydrogen (secondary N) is 1. The summed E-state index contributed by atoms with van der Waals surface area (Å²) in [7, 11) is 0. The Kier molecular flexibility index (Phi) is 3.70. The third kappa shape index (κ3) is 2.74. The van der Waals surface area contributed by atoms with Crippen LogP contribution >= 0.6 is 15.9 Å². The second-order valence-corrected chi connectivity index (χ2v) is 6.18. The number of carbonyl (C=O) groups excluding carboxylic acids is 1. The first kappa shape index (κ1) is 14.7. The maximum Gasteiger partial charge on any atom is 0.284 e. The third-order valence-electron chi connectivity index (χ3n) is 3.83. The first-order valence-corrected chi connectivity index (χ1v) is 7.63. The van der Waals surface area contributed by atoms with E-state index in [1.807, 2.05) is 30.3 Å². The fourth-order valence-corrected chi connectivity index (χ4v) is 2.84. The van der Waals surface area contributed by atoms with Crippen LogP contribution < -0.4 is 5.32 Å². The molecule has 0 saturated heterocycles. The fraction of sp³-hybridized carbons (Fsp3) is 0.188. The van der Waals surface area contributed by atoms with E-state index in [9.17, 15) is 14.9 Å². The van der Waals surface area contributed by atoms with Crippen LogP contribution in [0.4, 0.5) is 5.69 Å². The average Bonchev–Trinajstić information content (AvgIpc) is 3.29. The van der Waals surface area contributed by atoms with Gasteiger partial charge in [-0.15, -0.1) is 0 Å². The molecule has 2 aromatic rings. The quantitative estimate of drug-likeness (QED) is 0.666. The molecule has 0 radical (unpaired) electrons. The van der Waals surface area contributed by atoms with Gasteiger partial charge >= 0.3 is 0 Å². The topological polar surface area (TPSA) is 72.2 Å². The molecule has 0 atom stereocenters. The van der Waals surface area contributed by atoms with E-state index in [1.165, 1.54) is 12.1 Å². The van der Waals surface area contributed by atoms with Crippen molar-refractivity contribution in [1.82, 2.24) is 5.32 Å². The molecule has 2 aromatic carbocycles. The molecule has 0 unspecified atom stereocenters. The van der Waals surface area contributed by atoms with Gasteiger partial charge in [0.15, 0.2) is 0 Å². The number of nitrogens with zero attached hydrogens (tertiary/aromatic N) is 1. The summed E-state index contributed by atoms with van der Waals surface area (Å²) in [6, 6.07) is 14.2. The molecular formula is C16H13BrN2O3. The predicted molar refractivity (Wildman–Crippen MR) is 85.6 cm³/mol. The van der Waals surface area contributed by atoms with Crippen LogP contribution in [0.2, 0.25) is 0 Å². The van der Waals surface area contributed by atoms with Gasteiger partial charge in [-0.05, 0) is 46.5 Å². The molecule has 5 nitrogen and oxygen atoms in total. The number of hydrogen-bond acceptors (Lipinski definition) is 3. The van der Waals surface area contributed by atoms with Gasteiger partial charge in [0.1, 0.15) is 0 Å². The number of rotatable bonds is 4. The van der Waals surface area contributed by atoms with E-state index in [0.29, 0.717) is 4.47 Å². The van der Waals surface area contributed by atoms with E-state index in [4.69, 9.17) is 0 Å². The van der Waals surface area contributed by atoms with Crippen LogP contribution in [0.1, 0.15) is 28.8 Å². The lowest BCUT2D eigenvalue weighted by atomic mass is 10.0. The number of halogens is 1. The molecule has 1 aliphatic carbocycles. The minimum atomic E-state index is -0.509. The van der Waals surface area contributed by atoms with Gasteiger partial charge in [-0.1, -0.05) is 30.3 Å². The van der Waals surface area contributed by atoms with Crippen LogP contribution in [0.5, 0.6) is 0 Å². The molecule has 1 aliphatic rings. The lowest BCUT2D eigenvalue weighted by molar-refractivity contribution is -0.385. The summed E-state index contributed by atoms with van der Waals surface area (Å²) < 4.78 is 0.359. The molecule has 0 spiro atoms. The molecule has 0 heterocycles. The summed E-state index contributed by atoms with van der Waals surface area (Å²) in [6.07, 6.45) is 1.75. The van der Waals surface area contributed by atoms with Crippen molar-refractivity contribution in [3.63, 3.8) is 0 Å². The van der Waals surface area contributed by atoms with Gasteiger partial charge < -0.3 is 5.32 Å². The summed E-state index contributed by atoms with van der Waals surface area (Å²) in [6.45, 7) is 0. The highest BCUT2D eigenvalue weighted by molar-refractivity contribution is 9.10. The number of nitro benzene ring substituents is 1. The monoisotopic (exact) mass is 360 g/mol. The molecule has 1 saturated carbocycles. The van der Waals surface area contributed by atoms with Gasteiger partial charge in [-0.25, -0.2) is 0 Å². The van der Waals surface area contributed by atoms with Crippen LogP contribution in [0, 0.1) is 10.1 Å². The largest absolute Gasteiger partial charge is 0.343 e. The van der Waals surface area contributed by atoms with Crippen molar-refractivity contribution in [2.75, 3.05) is 0 Å². The molecule has 112 valence electrons. The van der Waals surface area contributed by atoms with Crippen molar-refractivity contribution in [1.29, 1.82) is 0 Å². The molecule has 0 aliphatic heterocycles. The van der Waals surface area contributed by atoms with Crippen LogP contribution in [0.3, 0.4) is 0 Å². The Bertz CT molecular complexity index is 742. The fourth-order valence-electron chi connectivity index (χ4n) is 2.45. The van der Waals surface area contributed by atoms with Gasteiger partial charge in [0.2, 0.25) is 0 Å².